The van der Waals surface area contributed by atoms with Gasteiger partial charge in [-0.3, -0.25) is 14.4 Å². The summed E-state index contributed by atoms with van der Waals surface area (Å²) < 4.78 is 0. The van der Waals surface area contributed by atoms with E-state index in [-0.39, 0.29) is 38.0 Å². The van der Waals surface area contributed by atoms with E-state index >= 15 is 0 Å². The Balaban J connectivity index is 1.37. The van der Waals surface area contributed by atoms with Crippen LogP contribution in [0.2, 0.25) is 0 Å². The van der Waals surface area contributed by atoms with Gasteiger partial charge in [0.2, 0.25) is 11.7 Å². The highest BCUT2D eigenvalue weighted by atomic mass is 16.7. The molecule has 3 rings (SSSR count). The minimum atomic E-state index is -0.718. The molecular weight excluding hydrogens is 392 g/mol. The topological polar surface area (TPSA) is 144 Å². The van der Waals surface area contributed by atoms with Crippen molar-refractivity contribution in [1.29, 1.82) is 0 Å². The van der Waals surface area contributed by atoms with Gasteiger partial charge in [0.15, 0.2) is 5.82 Å². The second kappa shape index (κ2) is 9.63. The number of benzene rings is 1. The van der Waals surface area contributed by atoms with E-state index in [1.54, 1.807) is 6.92 Å². The van der Waals surface area contributed by atoms with Gasteiger partial charge in [-0.2, -0.15) is 0 Å². The zero-order chi connectivity index (χ0) is 21.5. The Morgan fingerprint density at radius 3 is 2.27 bits per heavy atom. The molecule has 0 spiro atoms. The summed E-state index contributed by atoms with van der Waals surface area (Å²) in [5, 5.41) is 18.9. The molecule has 30 heavy (non-hydrogen) atoms. The SMILES string of the molecule is Cc1nnc(-c2ccc(CNC(=O)CCCC(=O)ON3C(=O)CCC3=O)cc2)nn1. The number of rotatable bonds is 8. The fourth-order valence-corrected chi connectivity index (χ4v) is 2.65. The van der Waals surface area contributed by atoms with Crippen LogP contribution in [0.25, 0.3) is 11.4 Å². The maximum atomic E-state index is 11.9. The first kappa shape index (κ1) is 21.0. The van der Waals surface area contributed by atoms with Crippen molar-refractivity contribution in [3.05, 3.63) is 35.7 Å². The molecule has 3 amide bonds. The minimum absolute atomic E-state index is 0.0430. The van der Waals surface area contributed by atoms with Gasteiger partial charge in [-0.15, -0.1) is 25.5 Å². The summed E-state index contributed by atoms with van der Waals surface area (Å²) in [6.45, 7) is 2.03. The second-order valence-electron chi connectivity index (χ2n) is 6.64. The molecule has 0 radical (unpaired) electrons. The second-order valence-corrected chi connectivity index (χ2v) is 6.64. The molecule has 1 fully saturated rings. The molecule has 0 bridgehead atoms. The van der Waals surface area contributed by atoms with E-state index in [0.29, 0.717) is 23.3 Å². The largest absolute Gasteiger partial charge is 0.352 e. The van der Waals surface area contributed by atoms with Crippen molar-refractivity contribution >= 4 is 23.7 Å². The molecule has 1 N–H and O–H groups in total. The van der Waals surface area contributed by atoms with Crippen LogP contribution in [0.4, 0.5) is 0 Å². The molecule has 1 aliphatic heterocycles. The number of nitrogens with zero attached hydrogens (tertiary/aromatic N) is 5. The first-order chi connectivity index (χ1) is 14.4. The maximum Gasteiger partial charge on any atom is 0.333 e. The van der Waals surface area contributed by atoms with Gasteiger partial charge >= 0.3 is 5.97 Å². The number of nitrogens with one attached hydrogen (secondary N) is 1. The van der Waals surface area contributed by atoms with Gasteiger partial charge in [-0.1, -0.05) is 24.3 Å². The van der Waals surface area contributed by atoms with Crippen LogP contribution in [0.1, 0.15) is 43.5 Å². The third-order valence-corrected chi connectivity index (χ3v) is 4.26. The summed E-state index contributed by atoms with van der Waals surface area (Å²) in [4.78, 5) is 51.2. The zero-order valence-electron chi connectivity index (χ0n) is 16.3. The molecule has 156 valence electrons. The zero-order valence-corrected chi connectivity index (χ0v) is 16.3. The van der Waals surface area contributed by atoms with Crippen molar-refractivity contribution in [2.45, 2.75) is 45.6 Å². The molecule has 2 heterocycles. The van der Waals surface area contributed by atoms with E-state index < -0.39 is 17.8 Å². The van der Waals surface area contributed by atoms with Gasteiger partial charge in [0.1, 0.15) is 0 Å². The normalized spacial score (nSPS) is 13.4. The van der Waals surface area contributed by atoms with Crippen LogP contribution in [0.3, 0.4) is 0 Å². The Morgan fingerprint density at radius 1 is 1.00 bits per heavy atom. The van der Waals surface area contributed by atoms with E-state index in [1.807, 2.05) is 24.3 Å². The summed E-state index contributed by atoms with van der Waals surface area (Å²) in [6.07, 6.45) is 0.370. The molecular formula is C19H20N6O5. The van der Waals surface area contributed by atoms with Crippen molar-refractivity contribution < 1.29 is 24.0 Å². The summed E-state index contributed by atoms with van der Waals surface area (Å²) in [5.41, 5.74) is 1.64. The molecule has 0 saturated carbocycles. The molecule has 0 atom stereocenters. The van der Waals surface area contributed by atoms with Crippen LogP contribution >= 0.6 is 0 Å². The van der Waals surface area contributed by atoms with Crippen LogP contribution in [0.5, 0.6) is 0 Å². The number of hydroxylamine groups is 2. The standard InChI is InChI=1S/C19H20N6O5/c1-12-21-23-19(24-22-12)14-7-5-13(6-8-14)11-20-15(26)3-2-4-18(29)30-25-16(27)9-10-17(25)28/h5-8H,2-4,9-11H2,1H3,(H,20,26). The Bertz CT molecular complexity index is 929. The average Bonchev–Trinajstić information content (AvgIpc) is 3.05. The summed E-state index contributed by atoms with van der Waals surface area (Å²) in [6, 6.07) is 7.29. The Morgan fingerprint density at radius 2 is 1.63 bits per heavy atom. The highest BCUT2D eigenvalue weighted by molar-refractivity contribution is 6.01. The molecule has 11 nitrogen and oxygen atoms in total. The highest BCUT2D eigenvalue weighted by Crippen LogP contribution is 2.15. The van der Waals surface area contributed by atoms with Gasteiger partial charge in [-0.05, 0) is 18.9 Å². The average molecular weight is 412 g/mol. The summed E-state index contributed by atoms with van der Waals surface area (Å²) in [5.74, 6) is -1.10. The van der Waals surface area contributed by atoms with Crippen molar-refractivity contribution in [2.75, 3.05) is 0 Å². The molecule has 11 heteroatoms. The van der Waals surface area contributed by atoms with Crippen LogP contribution in [0.15, 0.2) is 24.3 Å². The summed E-state index contributed by atoms with van der Waals surface area (Å²) >= 11 is 0. The first-order valence-corrected chi connectivity index (χ1v) is 9.39. The van der Waals surface area contributed by atoms with E-state index in [9.17, 15) is 19.2 Å². The number of amides is 3. The molecule has 2 aromatic rings. The van der Waals surface area contributed by atoms with E-state index in [1.165, 1.54) is 0 Å². The minimum Gasteiger partial charge on any atom is -0.352 e. The lowest BCUT2D eigenvalue weighted by Gasteiger charge is -2.12. The van der Waals surface area contributed by atoms with Crippen LogP contribution in [-0.4, -0.2) is 49.1 Å². The van der Waals surface area contributed by atoms with Gasteiger partial charge in [0.25, 0.3) is 11.8 Å². The van der Waals surface area contributed by atoms with Crippen LogP contribution in [0, 0.1) is 6.92 Å². The fraction of sp³-hybridized carbons (Fsp3) is 0.368. The lowest BCUT2D eigenvalue weighted by Crippen LogP contribution is -2.32. The Kier molecular flexibility index (Phi) is 6.73. The van der Waals surface area contributed by atoms with Crippen molar-refractivity contribution in [1.82, 2.24) is 30.8 Å². The molecule has 1 aromatic heterocycles. The predicted molar refractivity (Wildman–Crippen MR) is 101 cm³/mol. The number of carbonyl (C=O) groups is 4. The van der Waals surface area contributed by atoms with Crippen LogP contribution < -0.4 is 5.32 Å². The summed E-state index contributed by atoms with van der Waals surface area (Å²) in [7, 11) is 0. The molecule has 1 aromatic carbocycles. The van der Waals surface area contributed by atoms with Gasteiger partial charge in [0.05, 0.1) is 0 Å². The molecule has 0 aliphatic carbocycles. The van der Waals surface area contributed by atoms with E-state index in [4.69, 9.17) is 4.84 Å². The number of carbonyl (C=O) groups excluding carboxylic acids is 4. The highest BCUT2D eigenvalue weighted by Gasteiger charge is 2.32. The van der Waals surface area contributed by atoms with E-state index in [0.717, 1.165) is 11.1 Å². The fourth-order valence-electron chi connectivity index (χ4n) is 2.65. The first-order valence-electron chi connectivity index (χ1n) is 9.39. The van der Waals surface area contributed by atoms with Gasteiger partial charge < -0.3 is 10.2 Å². The molecule has 0 unspecified atom stereocenters. The van der Waals surface area contributed by atoms with Gasteiger partial charge in [-0.25, -0.2) is 4.79 Å². The number of aryl methyl sites for hydroxylation is 1. The monoisotopic (exact) mass is 412 g/mol. The molecule has 1 saturated heterocycles. The van der Waals surface area contributed by atoms with Gasteiger partial charge in [0, 0.05) is 37.8 Å². The van der Waals surface area contributed by atoms with Crippen molar-refractivity contribution in [3.63, 3.8) is 0 Å². The number of hydrogen-bond acceptors (Lipinski definition) is 9. The lowest BCUT2D eigenvalue weighted by atomic mass is 10.1. The maximum absolute atomic E-state index is 11.9. The number of aromatic nitrogens is 4. The van der Waals surface area contributed by atoms with Crippen molar-refractivity contribution in [2.24, 2.45) is 0 Å². The van der Waals surface area contributed by atoms with Crippen molar-refractivity contribution in [3.8, 4) is 11.4 Å². The third-order valence-electron chi connectivity index (χ3n) is 4.26. The molecule has 1 aliphatic rings. The third kappa shape index (κ3) is 5.63. The quantitative estimate of drug-likeness (QED) is 0.617. The van der Waals surface area contributed by atoms with E-state index in [2.05, 4.69) is 25.7 Å². The Hall–Kier alpha value is -3.76. The lowest BCUT2D eigenvalue weighted by molar-refractivity contribution is -0.197. The Labute approximate surface area is 171 Å². The predicted octanol–water partition coefficient (Wildman–Crippen LogP) is 0.636. The number of imide groups is 1. The number of hydrogen-bond donors (Lipinski definition) is 1. The van der Waals surface area contributed by atoms with Crippen LogP contribution in [-0.2, 0) is 30.6 Å². The smallest absolute Gasteiger partial charge is 0.333 e.